The van der Waals surface area contributed by atoms with Gasteiger partial charge < -0.3 is 15.7 Å². The molecule has 1 aromatic rings. The Morgan fingerprint density at radius 2 is 2.18 bits per heavy atom. The smallest absolute Gasteiger partial charge is 0.323 e. The number of carboxylic acid groups (broad SMARTS) is 1. The highest BCUT2D eigenvalue weighted by Crippen LogP contribution is 2.16. The third kappa shape index (κ3) is 3.75. The Hall–Kier alpha value is -1.55. The highest BCUT2D eigenvalue weighted by Gasteiger charge is 2.27. The molecule has 4 heteroatoms. The largest absolute Gasteiger partial charge is 0.480 e. The van der Waals surface area contributed by atoms with Gasteiger partial charge in [-0.05, 0) is 38.0 Å². The van der Waals surface area contributed by atoms with E-state index >= 15 is 0 Å². The van der Waals surface area contributed by atoms with E-state index in [1.54, 1.807) is 6.92 Å². The molecule has 1 rings (SSSR count). The lowest BCUT2D eigenvalue weighted by molar-refractivity contribution is -0.142. The summed E-state index contributed by atoms with van der Waals surface area (Å²) in [5, 5.41) is 8.93. The van der Waals surface area contributed by atoms with Crippen LogP contribution in [0.25, 0.3) is 0 Å². The second kappa shape index (κ2) is 5.19. The third-order valence-corrected chi connectivity index (χ3v) is 2.90. The number of carbonyl (C=O) groups is 1. The van der Waals surface area contributed by atoms with Crippen molar-refractivity contribution in [2.75, 3.05) is 18.5 Å². The van der Waals surface area contributed by atoms with Gasteiger partial charge in [0.05, 0.1) is 0 Å². The molecule has 1 atom stereocenters. The fourth-order valence-corrected chi connectivity index (χ4v) is 1.50. The lowest BCUT2D eigenvalue weighted by Gasteiger charge is -2.25. The molecule has 0 bridgehead atoms. The Morgan fingerprint density at radius 1 is 1.53 bits per heavy atom. The molecule has 0 heterocycles. The molecule has 0 aromatic heterocycles. The zero-order valence-electron chi connectivity index (χ0n) is 10.6. The molecule has 0 spiro atoms. The number of benzene rings is 1. The summed E-state index contributed by atoms with van der Waals surface area (Å²) < 4.78 is 0. The van der Waals surface area contributed by atoms with Crippen molar-refractivity contribution in [1.82, 2.24) is 0 Å². The Morgan fingerprint density at radius 3 is 2.71 bits per heavy atom. The maximum atomic E-state index is 10.9. The summed E-state index contributed by atoms with van der Waals surface area (Å²) in [5.74, 6) is -0.963. The van der Waals surface area contributed by atoms with Crippen LogP contribution in [-0.4, -0.2) is 30.2 Å². The highest BCUT2D eigenvalue weighted by atomic mass is 16.4. The van der Waals surface area contributed by atoms with E-state index in [4.69, 9.17) is 10.8 Å². The van der Waals surface area contributed by atoms with Crippen LogP contribution in [0.5, 0.6) is 0 Å². The molecule has 4 nitrogen and oxygen atoms in total. The van der Waals surface area contributed by atoms with Gasteiger partial charge in [0.1, 0.15) is 5.54 Å². The molecule has 0 saturated carbocycles. The summed E-state index contributed by atoms with van der Waals surface area (Å²) >= 11 is 0. The molecule has 1 aromatic carbocycles. The number of anilines is 1. The first-order valence-electron chi connectivity index (χ1n) is 5.63. The molecular formula is C13H20N2O2. The maximum Gasteiger partial charge on any atom is 0.323 e. The minimum Gasteiger partial charge on any atom is -0.480 e. The summed E-state index contributed by atoms with van der Waals surface area (Å²) in [4.78, 5) is 12.9. The van der Waals surface area contributed by atoms with Crippen molar-refractivity contribution >= 4 is 11.7 Å². The van der Waals surface area contributed by atoms with Gasteiger partial charge in [-0.15, -0.1) is 0 Å². The summed E-state index contributed by atoms with van der Waals surface area (Å²) in [6, 6.07) is 8.08. The molecule has 0 aliphatic heterocycles. The zero-order valence-corrected chi connectivity index (χ0v) is 10.6. The van der Waals surface area contributed by atoms with Crippen LogP contribution in [0.3, 0.4) is 0 Å². The van der Waals surface area contributed by atoms with Crippen LogP contribution in [-0.2, 0) is 4.79 Å². The van der Waals surface area contributed by atoms with E-state index in [1.807, 2.05) is 37.1 Å². The number of rotatable bonds is 5. The number of aliphatic carboxylic acids is 1. The lowest BCUT2D eigenvalue weighted by Crippen LogP contribution is -2.47. The van der Waals surface area contributed by atoms with Gasteiger partial charge in [0.15, 0.2) is 0 Å². The van der Waals surface area contributed by atoms with Crippen LogP contribution in [0.1, 0.15) is 18.9 Å². The van der Waals surface area contributed by atoms with E-state index in [2.05, 4.69) is 6.07 Å². The molecule has 0 fully saturated rings. The van der Waals surface area contributed by atoms with Gasteiger partial charge in [0.25, 0.3) is 0 Å². The van der Waals surface area contributed by atoms with Crippen LogP contribution in [0, 0.1) is 6.92 Å². The van der Waals surface area contributed by atoms with E-state index in [1.165, 1.54) is 5.56 Å². The van der Waals surface area contributed by atoms with E-state index < -0.39 is 11.5 Å². The van der Waals surface area contributed by atoms with Gasteiger partial charge in [0.2, 0.25) is 0 Å². The fourth-order valence-electron chi connectivity index (χ4n) is 1.50. The summed E-state index contributed by atoms with van der Waals surface area (Å²) in [6.45, 7) is 4.18. The lowest BCUT2D eigenvalue weighted by atomic mass is 9.99. The number of carboxylic acids is 1. The quantitative estimate of drug-likeness (QED) is 0.815. The molecular weight excluding hydrogens is 216 g/mol. The number of nitrogens with two attached hydrogens (primary N) is 1. The van der Waals surface area contributed by atoms with Crippen molar-refractivity contribution < 1.29 is 9.90 Å². The Kier molecular flexibility index (Phi) is 4.12. The van der Waals surface area contributed by atoms with Crippen molar-refractivity contribution in [3.05, 3.63) is 29.8 Å². The molecule has 3 N–H and O–H groups in total. The minimum atomic E-state index is -1.17. The monoisotopic (exact) mass is 236 g/mol. The average Bonchev–Trinajstić information content (AvgIpc) is 2.25. The van der Waals surface area contributed by atoms with Crippen molar-refractivity contribution in [2.24, 2.45) is 5.73 Å². The van der Waals surface area contributed by atoms with Crippen LogP contribution in [0.15, 0.2) is 24.3 Å². The second-order valence-electron chi connectivity index (χ2n) is 4.73. The van der Waals surface area contributed by atoms with Crippen LogP contribution in [0.2, 0.25) is 0 Å². The first-order chi connectivity index (χ1) is 7.83. The normalized spacial score (nSPS) is 14.1. The average molecular weight is 236 g/mol. The Bertz CT molecular complexity index is 402. The minimum absolute atomic E-state index is 0.409. The maximum absolute atomic E-state index is 10.9. The first-order valence-corrected chi connectivity index (χ1v) is 5.63. The number of nitrogens with zero attached hydrogens (tertiary/aromatic N) is 1. The van der Waals surface area contributed by atoms with E-state index in [-0.39, 0.29) is 0 Å². The van der Waals surface area contributed by atoms with Crippen molar-refractivity contribution in [1.29, 1.82) is 0 Å². The predicted octanol–water partition coefficient (Wildman–Crippen LogP) is 1.62. The number of hydrogen-bond donors (Lipinski definition) is 2. The SMILES string of the molecule is Cc1cccc(N(C)CCC(C)(N)C(=O)O)c1. The first kappa shape index (κ1) is 13.5. The van der Waals surface area contributed by atoms with E-state index in [9.17, 15) is 4.79 Å². The van der Waals surface area contributed by atoms with Gasteiger partial charge >= 0.3 is 5.97 Å². The number of aryl methyl sites for hydroxylation is 1. The zero-order chi connectivity index (χ0) is 13.1. The van der Waals surface area contributed by atoms with E-state index in [0.29, 0.717) is 13.0 Å². The molecule has 0 amide bonds. The van der Waals surface area contributed by atoms with Gasteiger partial charge in [0, 0.05) is 19.3 Å². The van der Waals surface area contributed by atoms with E-state index in [0.717, 1.165) is 5.69 Å². The molecule has 0 aliphatic carbocycles. The standard InChI is InChI=1S/C13H20N2O2/c1-10-5-4-6-11(9-10)15(3)8-7-13(2,14)12(16)17/h4-6,9H,7-8,14H2,1-3H3,(H,16,17). The topological polar surface area (TPSA) is 66.6 Å². The fraction of sp³-hybridized carbons (Fsp3) is 0.462. The summed E-state index contributed by atoms with van der Waals surface area (Å²) in [5.41, 5.74) is 6.78. The Balaban J connectivity index is 2.62. The molecule has 17 heavy (non-hydrogen) atoms. The summed E-state index contributed by atoms with van der Waals surface area (Å²) in [6.07, 6.45) is 0.409. The molecule has 0 radical (unpaired) electrons. The van der Waals surface area contributed by atoms with Crippen LogP contribution >= 0.6 is 0 Å². The number of hydrogen-bond acceptors (Lipinski definition) is 3. The molecule has 94 valence electrons. The third-order valence-electron chi connectivity index (χ3n) is 2.90. The second-order valence-corrected chi connectivity index (χ2v) is 4.73. The summed E-state index contributed by atoms with van der Waals surface area (Å²) in [7, 11) is 1.94. The predicted molar refractivity (Wildman–Crippen MR) is 69.3 cm³/mol. The van der Waals surface area contributed by atoms with Crippen molar-refractivity contribution in [2.45, 2.75) is 25.8 Å². The van der Waals surface area contributed by atoms with Gasteiger partial charge in [-0.3, -0.25) is 4.79 Å². The van der Waals surface area contributed by atoms with Crippen LogP contribution in [0.4, 0.5) is 5.69 Å². The van der Waals surface area contributed by atoms with Crippen LogP contribution < -0.4 is 10.6 Å². The van der Waals surface area contributed by atoms with Gasteiger partial charge in [-0.2, -0.15) is 0 Å². The molecule has 0 saturated heterocycles. The van der Waals surface area contributed by atoms with Crippen molar-refractivity contribution in [3.63, 3.8) is 0 Å². The van der Waals surface area contributed by atoms with Gasteiger partial charge in [-0.1, -0.05) is 12.1 Å². The molecule has 1 unspecified atom stereocenters. The van der Waals surface area contributed by atoms with Gasteiger partial charge in [-0.25, -0.2) is 0 Å². The van der Waals surface area contributed by atoms with Crippen molar-refractivity contribution in [3.8, 4) is 0 Å². The highest BCUT2D eigenvalue weighted by molar-refractivity contribution is 5.77. The Labute approximate surface area is 102 Å². The molecule has 0 aliphatic rings.